The van der Waals surface area contributed by atoms with E-state index in [-0.39, 0.29) is 33.0 Å². The number of nitrogens with zero attached hydrogens (tertiary/aromatic N) is 2. The first-order valence-corrected chi connectivity index (χ1v) is 12.6. The molecular weight excluding hydrogens is 576 g/mol. The Kier molecular flexibility index (Phi) is 8.50. The predicted molar refractivity (Wildman–Crippen MR) is 144 cm³/mol. The van der Waals surface area contributed by atoms with Crippen molar-refractivity contribution in [2.24, 2.45) is 0 Å². The summed E-state index contributed by atoms with van der Waals surface area (Å²) in [6.07, 6.45) is -4.90. The lowest BCUT2D eigenvalue weighted by molar-refractivity contribution is -0.274. The molecule has 13 heteroatoms. The van der Waals surface area contributed by atoms with Crippen LogP contribution in [0.5, 0.6) is 5.75 Å². The van der Waals surface area contributed by atoms with E-state index in [1.54, 1.807) is 30.3 Å². The molecule has 0 fully saturated rings. The highest BCUT2D eigenvalue weighted by Crippen LogP contribution is 2.32. The van der Waals surface area contributed by atoms with Gasteiger partial charge in [0.05, 0.1) is 22.3 Å². The minimum atomic E-state index is -4.90. The molecule has 0 aliphatic rings. The number of anilines is 1. The van der Waals surface area contributed by atoms with E-state index in [2.05, 4.69) is 24.9 Å². The quantitative estimate of drug-likeness (QED) is 0.130. The molecule has 1 amide bonds. The van der Waals surface area contributed by atoms with Gasteiger partial charge in [-0.2, -0.15) is 0 Å². The molecule has 4 aromatic rings. The molecule has 3 aromatic carbocycles. The van der Waals surface area contributed by atoms with Gasteiger partial charge in [-0.05, 0) is 53.6 Å². The Labute approximate surface area is 233 Å². The number of hydrogen-bond acceptors (Lipinski definition) is 5. The molecule has 1 heterocycles. The number of benzene rings is 3. The first-order chi connectivity index (χ1) is 18.5. The van der Waals surface area contributed by atoms with Gasteiger partial charge in [-0.3, -0.25) is 9.59 Å². The van der Waals surface area contributed by atoms with Gasteiger partial charge in [-0.15, -0.1) is 13.2 Å². The second-order valence-electron chi connectivity index (χ2n) is 7.83. The molecule has 0 aliphatic heterocycles. The zero-order chi connectivity index (χ0) is 28.2. The summed E-state index contributed by atoms with van der Waals surface area (Å²) in [7, 11) is 0. The van der Waals surface area contributed by atoms with E-state index in [0.29, 0.717) is 22.0 Å². The number of nitrogens with one attached hydrogen (secondary N) is 2. The molecule has 0 bridgehead atoms. The van der Waals surface area contributed by atoms with Gasteiger partial charge in [-0.1, -0.05) is 59.2 Å². The smallest absolute Gasteiger partial charge is 0.406 e. The summed E-state index contributed by atoms with van der Waals surface area (Å²) in [6.45, 7) is 7.34. The number of aromatic amines is 1. The average Bonchev–Trinajstić information content (AvgIpc) is 2.88. The van der Waals surface area contributed by atoms with E-state index in [1.807, 2.05) is 0 Å². The number of halogens is 5. The van der Waals surface area contributed by atoms with Crippen LogP contribution in [0.25, 0.3) is 16.1 Å². The molecule has 2 N–H and O–H groups in total. The molecule has 0 unspecified atom stereocenters. The van der Waals surface area contributed by atoms with Gasteiger partial charge >= 0.3 is 6.36 Å². The van der Waals surface area contributed by atoms with Crippen molar-refractivity contribution in [3.05, 3.63) is 110 Å². The largest absolute Gasteiger partial charge is 0.573 e. The molecule has 7 nitrogen and oxygen atoms in total. The van der Waals surface area contributed by atoms with Crippen LogP contribution in [-0.4, -0.2) is 22.2 Å². The lowest BCUT2D eigenvalue weighted by atomic mass is 10.1. The fourth-order valence-electron chi connectivity index (χ4n) is 3.39. The Bertz CT molecular complexity index is 1650. The van der Waals surface area contributed by atoms with Crippen molar-refractivity contribution in [2.75, 3.05) is 5.32 Å². The molecule has 0 spiro atoms. The van der Waals surface area contributed by atoms with Crippen LogP contribution in [0.4, 0.5) is 24.5 Å². The van der Waals surface area contributed by atoms with Crippen LogP contribution in [0.3, 0.4) is 0 Å². The Morgan fingerprint density at radius 1 is 1.08 bits per heavy atom. The van der Waals surface area contributed by atoms with Crippen LogP contribution >= 0.6 is 35.0 Å². The number of aromatic nitrogens is 2. The number of carbonyl (C=O) groups excluding carboxylic acids is 1. The number of thioether (sulfide) groups is 1. The number of H-pyrrole nitrogens is 1. The third-order valence-corrected chi connectivity index (χ3v) is 6.75. The summed E-state index contributed by atoms with van der Waals surface area (Å²) in [5.41, 5.74) is 0.539. The fourth-order valence-corrected chi connectivity index (χ4v) is 4.49. The topological polar surface area (TPSA) is 88.4 Å². The van der Waals surface area contributed by atoms with Crippen molar-refractivity contribution in [2.45, 2.75) is 17.3 Å². The number of hydrogen-bond donors (Lipinski definition) is 2. The van der Waals surface area contributed by atoms with Gasteiger partial charge < -0.3 is 15.0 Å². The van der Waals surface area contributed by atoms with Gasteiger partial charge in [-0.25, -0.2) is 9.83 Å². The van der Waals surface area contributed by atoms with Crippen LogP contribution in [-0.2, 0) is 5.75 Å². The Hall–Kier alpha value is -3.98. The van der Waals surface area contributed by atoms with Crippen LogP contribution < -0.4 is 15.6 Å². The maximum absolute atomic E-state index is 12.6. The summed E-state index contributed by atoms with van der Waals surface area (Å²) in [4.78, 5) is 35.2. The normalized spacial score (nSPS) is 11.1. The van der Waals surface area contributed by atoms with Gasteiger partial charge in [0, 0.05) is 17.0 Å². The second-order valence-corrected chi connectivity index (χ2v) is 9.61. The van der Waals surface area contributed by atoms with E-state index in [4.69, 9.17) is 29.8 Å². The Morgan fingerprint density at radius 3 is 2.56 bits per heavy atom. The van der Waals surface area contributed by atoms with Crippen LogP contribution in [0.15, 0.2) is 76.7 Å². The van der Waals surface area contributed by atoms with E-state index in [9.17, 15) is 22.8 Å². The van der Waals surface area contributed by atoms with Crippen molar-refractivity contribution in [1.29, 1.82) is 0 Å². The first-order valence-electron chi connectivity index (χ1n) is 10.9. The molecule has 1 aromatic heterocycles. The minimum Gasteiger partial charge on any atom is -0.406 e. The van der Waals surface area contributed by atoms with Gasteiger partial charge in [0.15, 0.2) is 5.16 Å². The number of rotatable bonds is 7. The van der Waals surface area contributed by atoms with Gasteiger partial charge in [0.1, 0.15) is 5.75 Å². The average molecular weight is 591 g/mol. The number of carbonyl (C=O) groups is 1. The third kappa shape index (κ3) is 7.32. The number of alkyl halides is 3. The molecule has 39 heavy (non-hydrogen) atoms. The monoisotopic (exact) mass is 590 g/mol. The standard InChI is InChI=1S/C26H15Cl2F3N4O3S/c1-32-22-21(15-5-3-7-18(11-15)38-26(29,30)31)34-25(35-24(22)37)39-13-14-4-2-6-17(10-14)33-23(36)16-8-9-19(27)20(28)12-16/h2-12H,13H2,(H,33,36)(H,34,35,37). The SMILES string of the molecule is [C-]#[N+]c1c(-c2cccc(OC(F)(F)F)c2)nc(SCc2cccc(NC(=O)c3ccc(Cl)c(Cl)c3)c2)[nH]c1=O. The van der Waals surface area contributed by atoms with Crippen molar-refractivity contribution >= 4 is 52.2 Å². The number of amides is 1. The summed E-state index contributed by atoms with van der Waals surface area (Å²) >= 11 is 13.0. The van der Waals surface area contributed by atoms with E-state index >= 15 is 0 Å². The predicted octanol–water partition coefficient (Wildman–Crippen LogP) is 7.74. The Morgan fingerprint density at radius 2 is 1.85 bits per heavy atom. The molecule has 0 atom stereocenters. The first kappa shape index (κ1) is 28.0. The highest BCUT2D eigenvalue weighted by atomic mass is 35.5. The highest BCUT2D eigenvalue weighted by Gasteiger charge is 2.31. The molecule has 0 radical (unpaired) electrons. The van der Waals surface area contributed by atoms with Crippen molar-refractivity contribution < 1.29 is 22.7 Å². The Balaban J connectivity index is 1.53. The molecule has 0 saturated carbocycles. The second kappa shape index (κ2) is 11.8. The lowest BCUT2D eigenvalue weighted by Gasteiger charge is -2.11. The van der Waals surface area contributed by atoms with Gasteiger partial charge in [0.2, 0.25) is 0 Å². The zero-order valence-corrected chi connectivity index (χ0v) is 21.8. The summed E-state index contributed by atoms with van der Waals surface area (Å²) < 4.78 is 41.9. The highest BCUT2D eigenvalue weighted by molar-refractivity contribution is 7.98. The molecule has 0 saturated heterocycles. The molecular formula is C26H15Cl2F3N4O3S. The minimum absolute atomic E-state index is 0.0773. The summed E-state index contributed by atoms with van der Waals surface area (Å²) in [5.74, 6) is -0.583. The fraction of sp³-hybridized carbons (Fsp3) is 0.0769. The zero-order valence-electron chi connectivity index (χ0n) is 19.5. The van der Waals surface area contributed by atoms with Crippen LogP contribution in [0.2, 0.25) is 10.0 Å². The number of ether oxygens (including phenoxy) is 1. The van der Waals surface area contributed by atoms with E-state index in [1.165, 1.54) is 24.3 Å². The maximum Gasteiger partial charge on any atom is 0.573 e. The molecule has 198 valence electrons. The molecule has 0 aliphatic carbocycles. The van der Waals surface area contributed by atoms with Crippen molar-refractivity contribution in [1.82, 2.24) is 9.97 Å². The van der Waals surface area contributed by atoms with E-state index in [0.717, 1.165) is 29.5 Å². The third-order valence-electron chi connectivity index (χ3n) is 5.07. The van der Waals surface area contributed by atoms with Crippen LogP contribution in [0, 0.1) is 6.57 Å². The molecule has 4 rings (SSSR count). The van der Waals surface area contributed by atoms with Crippen molar-refractivity contribution in [3.8, 4) is 17.0 Å². The summed E-state index contributed by atoms with van der Waals surface area (Å²) in [5, 5.41) is 3.50. The van der Waals surface area contributed by atoms with E-state index < -0.39 is 17.7 Å². The van der Waals surface area contributed by atoms with Gasteiger partial charge in [0.25, 0.3) is 17.2 Å². The van der Waals surface area contributed by atoms with Crippen LogP contribution in [0.1, 0.15) is 15.9 Å². The lowest BCUT2D eigenvalue weighted by Crippen LogP contribution is -2.17. The van der Waals surface area contributed by atoms with Crippen molar-refractivity contribution in [3.63, 3.8) is 0 Å². The maximum atomic E-state index is 12.6. The summed E-state index contributed by atoms with van der Waals surface area (Å²) in [6, 6.07) is 16.4.